The largest absolute Gasteiger partial charge is 0.309 e. The molecule has 3 heterocycles. The van der Waals surface area contributed by atoms with Gasteiger partial charge in [0.1, 0.15) is 0 Å². The molecule has 58 heavy (non-hydrogen) atoms. The Labute approximate surface area is 331 Å². The number of rotatable bonds is 6. The van der Waals surface area contributed by atoms with E-state index in [4.69, 9.17) is 15.0 Å². The van der Waals surface area contributed by atoms with Crippen molar-refractivity contribution in [2.24, 2.45) is 0 Å². The lowest BCUT2D eigenvalue weighted by Crippen LogP contribution is -2.04. The van der Waals surface area contributed by atoms with Gasteiger partial charge in [0.2, 0.25) is 0 Å². The monoisotopic (exact) mass is 751 g/mol. The molecular weight excluding hydrogens is 721 g/mol. The Morgan fingerprint density at radius 1 is 0.345 bits per heavy atom. The fourth-order valence-corrected chi connectivity index (χ4v) is 8.29. The number of hydrogen-bond donors (Lipinski definition) is 0. The molecule has 0 unspecified atom stereocenters. The average molecular weight is 752 g/mol. The zero-order valence-electron chi connectivity index (χ0n) is 30.9. The summed E-state index contributed by atoms with van der Waals surface area (Å²) in [5, 5.41) is 4.45. The van der Waals surface area contributed by atoms with Crippen LogP contribution in [0.4, 0.5) is 8.78 Å². The van der Waals surface area contributed by atoms with Crippen LogP contribution < -0.4 is 0 Å². The van der Waals surface area contributed by atoms with Gasteiger partial charge in [0.25, 0.3) is 0 Å². The van der Waals surface area contributed by atoms with Gasteiger partial charge in [0, 0.05) is 49.5 Å². The molecule has 0 bridgehead atoms. The van der Waals surface area contributed by atoms with Gasteiger partial charge in [0.05, 0.1) is 27.8 Å². The summed E-state index contributed by atoms with van der Waals surface area (Å²) in [4.78, 5) is 15.1. The number of halogens is 2. The van der Waals surface area contributed by atoms with Gasteiger partial charge >= 0.3 is 0 Å². The van der Waals surface area contributed by atoms with Crippen molar-refractivity contribution < 1.29 is 8.78 Å². The molecule has 3 aromatic heterocycles. The molecule has 5 nitrogen and oxygen atoms in total. The zero-order chi connectivity index (χ0) is 38.7. The maximum atomic E-state index is 15.6. The Balaban J connectivity index is 1.20. The second kappa shape index (κ2) is 13.5. The number of para-hydroxylation sites is 3. The Morgan fingerprint density at radius 2 is 0.862 bits per heavy atom. The van der Waals surface area contributed by atoms with E-state index in [9.17, 15) is 4.39 Å². The van der Waals surface area contributed by atoms with Gasteiger partial charge in [0.15, 0.2) is 29.1 Å². The molecular formula is C51H31F2N5. The topological polar surface area (TPSA) is 48.5 Å². The van der Waals surface area contributed by atoms with E-state index in [1.807, 2.05) is 84.9 Å². The third-order valence-electron chi connectivity index (χ3n) is 10.9. The fourth-order valence-electron chi connectivity index (χ4n) is 8.29. The van der Waals surface area contributed by atoms with Gasteiger partial charge in [-0.3, -0.25) is 0 Å². The van der Waals surface area contributed by atoms with E-state index >= 15 is 4.39 Å². The van der Waals surface area contributed by atoms with Gasteiger partial charge in [-0.1, -0.05) is 133 Å². The molecule has 0 saturated heterocycles. The van der Waals surface area contributed by atoms with Crippen LogP contribution in [-0.2, 0) is 0 Å². The summed E-state index contributed by atoms with van der Waals surface area (Å²) >= 11 is 0. The summed E-state index contributed by atoms with van der Waals surface area (Å²) in [6, 6.07) is 61.3. The molecule has 274 valence electrons. The lowest BCUT2D eigenvalue weighted by atomic mass is 10.0. The van der Waals surface area contributed by atoms with Gasteiger partial charge < -0.3 is 9.13 Å². The highest BCUT2D eigenvalue weighted by Gasteiger charge is 2.22. The van der Waals surface area contributed by atoms with Gasteiger partial charge in [-0.15, -0.1) is 0 Å². The molecule has 0 aliphatic carbocycles. The van der Waals surface area contributed by atoms with Crippen molar-refractivity contribution in [3.8, 4) is 56.7 Å². The van der Waals surface area contributed by atoms with Gasteiger partial charge in [-0.05, 0) is 60.2 Å². The predicted molar refractivity (Wildman–Crippen MR) is 230 cm³/mol. The van der Waals surface area contributed by atoms with Crippen LogP contribution in [0.2, 0.25) is 0 Å². The normalized spacial score (nSPS) is 11.6. The maximum Gasteiger partial charge on any atom is 0.166 e. The zero-order valence-corrected chi connectivity index (χ0v) is 30.9. The molecule has 0 spiro atoms. The van der Waals surface area contributed by atoms with E-state index < -0.39 is 11.6 Å². The number of aromatic nitrogens is 5. The minimum Gasteiger partial charge on any atom is -0.309 e. The van der Waals surface area contributed by atoms with E-state index in [1.54, 1.807) is 12.1 Å². The standard InChI is InChI=1S/C51H31F2N5/c52-42-22-13-21-36(48(42)53)34-26-28-40(51-55-49(32-14-3-1-4-15-32)54-50(56-51)33-16-5-2-6-17-33)47(30-34)58-45-25-12-9-20-39(45)41-31-35(27-29-46(41)58)57-43-23-10-7-18-37(43)38-19-8-11-24-44(38)57/h1-31H. The van der Waals surface area contributed by atoms with E-state index in [2.05, 4.69) is 88.0 Å². The molecule has 0 atom stereocenters. The summed E-state index contributed by atoms with van der Waals surface area (Å²) in [5.74, 6) is -0.323. The van der Waals surface area contributed by atoms with Crippen molar-refractivity contribution in [3.63, 3.8) is 0 Å². The summed E-state index contributed by atoms with van der Waals surface area (Å²) in [6.07, 6.45) is 0. The molecule has 11 rings (SSSR count). The van der Waals surface area contributed by atoms with Crippen molar-refractivity contribution in [1.29, 1.82) is 0 Å². The fraction of sp³-hybridized carbons (Fsp3) is 0. The van der Waals surface area contributed by atoms with Crippen LogP contribution in [0.15, 0.2) is 188 Å². The molecule has 0 radical (unpaired) electrons. The molecule has 0 N–H and O–H groups in total. The highest BCUT2D eigenvalue weighted by molar-refractivity contribution is 6.12. The van der Waals surface area contributed by atoms with Crippen LogP contribution >= 0.6 is 0 Å². The summed E-state index contributed by atoms with van der Waals surface area (Å²) in [5.41, 5.74) is 8.93. The SMILES string of the molecule is Fc1cccc(-c2ccc(-c3nc(-c4ccccc4)nc(-c4ccccc4)n3)c(-n3c4ccccc4c4cc(-n5c6ccccc6c6ccccc65)ccc43)c2)c1F. The van der Waals surface area contributed by atoms with Crippen molar-refractivity contribution in [3.05, 3.63) is 200 Å². The first-order chi connectivity index (χ1) is 28.6. The van der Waals surface area contributed by atoms with Crippen LogP contribution in [-0.4, -0.2) is 24.1 Å². The third kappa shape index (κ3) is 5.39. The number of fused-ring (bicyclic) bond motifs is 6. The maximum absolute atomic E-state index is 15.6. The molecule has 8 aromatic carbocycles. The highest BCUT2D eigenvalue weighted by atomic mass is 19.2. The van der Waals surface area contributed by atoms with Crippen LogP contribution in [0.3, 0.4) is 0 Å². The molecule has 0 fully saturated rings. The van der Waals surface area contributed by atoms with Crippen molar-refractivity contribution >= 4 is 43.6 Å². The summed E-state index contributed by atoms with van der Waals surface area (Å²) < 4.78 is 34.8. The summed E-state index contributed by atoms with van der Waals surface area (Å²) in [7, 11) is 0. The van der Waals surface area contributed by atoms with Gasteiger partial charge in [-0.2, -0.15) is 0 Å². The molecule has 11 aromatic rings. The Kier molecular flexibility index (Phi) is 7.79. The van der Waals surface area contributed by atoms with E-state index in [0.29, 0.717) is 34.3 Å². The van der Waals surface area contributed by atoms with E-state index in [0.717, 1.165) is 55.7 Å². The highest BCUT2D eigenvalue weighted by Crippen LogP contribution is 2.40. The molecule has 0 aliphatic heterocycles. The van der Waals surface area contributed by atoms with E-state index in [1.165, 1.54) is 16.8 Å². The smallest absolute Gasteiger partial charge is 0.166 e. The molecule has 0 amide bonds. The molecule has 0 saturated carbocycles. The number of nitrogens with zero attached hydrogens (tertiary/aromatic N) is 5. The van der Waals surface area contributed by atoms with E-state index in [-0.39, 0.29) is 5.56 Å². The Hall–Kier alpha value is -7.77. The first-order valence-corrected chi connectivity index (χ1v) is 19.1. The van der Waals surface area contributed by atoms with Crippen LogP contribution in [0, 0.1) is 11.6 Å². The lowest BCUT2D eigenvalue weighted by Gasteiger charge is -2.17. The second-order valence-electron chi connectivity index (χ2n) is 14.3. The molecule has 7 heteroatoms. The summed E-state index contributed by atoms with van der Waals surface area (Å²) in [6.45, 7) is 0. The first-order valence-electron chi connectivity index (χ1n) is 19.1. The first kappa shape index (κ1) is 33.6. The van der Waals surface area contributed by atoms with Crippen molar-refractivity contribution in [1.82, 2.24) is 24.1 Å². The minimum atomic E-state index is -0.907. The predicted octanol–water partition coefficient (Wildman–Crippen LogP) is 13.0. The van der Waals surface area contributed by atoms with Crippen LogP contribution in [0.25, 0.3) is 100 Å². The van der Waals surface area contributed by atoms with Crippen molar-refractivity contribution in [2.75, 3.05) is 0 Å². The third-order valence-corrected chi connectivity index (χ3v) is 10.9. The number of benzene rings is 8. The van der Waals surface area contributed by atoms with Gasteiger partial charge in [-0.25, -0.2) is 23.7 Å². The Morgan fingerprint density at radius 3 is 1.48 bits per heavy atom. The van der Waals surface area contributed by atoms with Crippen LogP contribution in [0.1, 0.15) is 0 Å². The van der Waals surface area contributed by atoms with Crippen LogP contribution in [0.5, 0.6) is 0 Å². The Bertz CT molecular complexity index is 3260. The molecule has 0 aliphatic rings. The lowest BCUT2D eigenvalue weighted by molar-refractivity contribution is 0.511. The van der Waals surface area contributed by atoms with Crippen molar-refractivity contribution in [2.45, 2.75) is 0 Å². The average Bonchev–Trinajstić information content (AvgIpc) is 3.80. The minimum absolute atomic E-state index is 0.160. The number of hydrogen-bond acceptors (Lipinski definition) is 3. The second-order valence-corrected chi connectivity index (χ2v) is 14.3. The quantitative estimate of drug-likeness (QED) is 0.170.